The van der Waals surface area contributed by atoms with Gasteiger partial charge in [-0.05, 0) is 29.8 Å². The van der Waals surface area contributed by atoms with Gasteiger partial charge in [-0.1, -0.05) is 20.8 Å². The number of hydrogen-bond acceptors (Lipinski definition) is 4. The molecule has 0 aliphatic carbocycles. The normalized spacial score (nSPS) is 14.9. The van der Waals surface area contributed by atoms with E-state index in [0.717, 1.165) is 47.1 Å². The predicted octanol–water partition coefficient (Wildman–Crippen LogP) is 3.15. The van der Waals surface area contributed by atoms with Gasteiger partial charge in [0, 0.05) is 24.9 Å². The summed E-state index contributed by atoms with van der Waals surface area (Å²) in [6.45, 7) is 8.11. The minimum atomic E-state index is -0.260. The molecule has 0 radical (unpaired) electrons. The molecule has 0 spiro atoms. The Balaban J connectivity index is 1.50. The van der Waals surface area contributed by atoms with Crippen LogP contribution in [0.1, 0.15) is 43.7 Å². The fourth-order valence-electron chi connectivity index (χ4n) is 3.40. The van der Waals surface area contributed by atoms with Gasteiger partial charge in [-0.25, -0.2) is 14.4 Å². The zero-order valence-corrected chi connectivity index (χ0v) is 16.3. The Morgan fingerprint density at radius 3 is 2.64 bits per heavy atom. The van der Waals surface area contributed by atoms with Crippen molar-refractivity contribution in [2.75, 3.05) is 6.54 Å². The first-order chi connectivity index (χ1) is 13.3. The molecule has 146 valence electrons. The summed E-state index contributed by atoms with van der Waals surface area (Å²) in [4.78, 5) is 30.1. The van der Waals surface area contributed by atoms with Crippen LogP contribution < -0.4 is 5.56 Å². The minimum absolute atomic E-state index is 0.0499. The largest absolute Gasteiger partial charge is 0.341 e. The Bertz CT molecular complexity index is 1050. The number of imidazole rings is 1. The maximum Gasteiger partial charge on any atom is 0.255 e. The van der Waals surface area contributed by atoms with Crippen molar-refractivity contribution in [3.63, 3.8) is 0 Å². The van der Waals surface area contributed by atoms with Crippen LogP contribution in [0.3, 0.4) is 0 Å². The lowest BCUT2D eigenvalue weighted by Crippen LogP contribution is -2.37. The van der Waals surface area contributed by atoms with Crippen LogP contribution in [0.15, 0.2) is 35.3 Å². The third-order valence-corrected chi connectivity index (χ3v) is 5.02. The van der Waals surface area contributed by atoms with E-state index in [-0.39, 0.29) is 16.8 Å². The van der Waals surface area contributed by atoms with Crippen molar-refractivity contribution in [2.45, 2.75) is 45.7 Å². The zero-order valence-electron chi connectivity index (χ0n) is 16.3. The molecule has 2 aromatic heterocycles. The van der Waals surface area contributed by atoms with Crippen LogP contribution in [0.25, 0.3) is 11.3 Å². The first-order valence-corrected chi connectivity index (χ1v) is 9.44. The van der Waals surface area contributed by atoms with Crippen LogP contribution in [-0.2, 0) is 24.9 Å². The average molecular weight is 381 g/mol. The maximum absolute atomic E-state index is 13.1. The molecule has 28 heavy (non-hydrogen) atoms. The quantitative estimate of drug-likeness (QED) is 0.731. The average Bonchev–Trinajstić information content (AvgIpc) is 3.10. The molecule has 0 amide bonds. The van der Waals surface area contributed by atoms with Crippen LogP contribution in [0, 0.1) is 5.82 Å². The smallest absolute Gasteiger partial charge is 0.255 e. The Morgan fingerprint density at radius 1 is 1.18 bits per heavy atom. The van der Waals surface area contributed by atoms with Crippen molar-refractivity contribution in [3.8, 4) is 11.3 Å². The van der Waals surface area contributed by atoms with E-state index in [1.807, 2.05) is 20.8 Å². The Kier molecular flexibility index (Phi) is 4.63. The van der Waals surface area contributed by atoms with E-state index in [2.05, 4.69) is 19.9 Å². The molecule has 6 nitrogen and oxygen atoms in total. The summed E-state index contributed by atoms with van der Waals surface area (Å²) in [6.07, 6.45) is 2.50. The van der Waals surface area contributed by atoms with Crippen LogP contribution in [0.2, 0.25) is 0 Å². The van der Waals surface area contributed by atoms with Crippen molar-refractivity contribution in [1.29, 1.82) is 0 Å². The number of nitrogens with one attached hydrogen (secondary N) is 2. The highest BCUT2D eigenvalue weighted by molar-refractivity contribution is 5.58. The first-order valence-electron chi connectivity index (χ1n) is 9.44. The van der Waals surface area contributed by atoms with Gasteiger partial charge in [-0.15, -0.1) is 0 Å². The number of aromatic nitrogens is 4. The van der Waals surface area contributed by atoms with Gasteiger partial charge in [0.2, 0.25) is 0 Å². The second-order valence-corrected chi connectivity index (χ2v) is 8.30. The molecule has 0 atom stereocenters. The van der Waals surface area contributed by atoms with Gasteiger partial charge in [-0.2, -0.15) is 0 Å². The molecule has 0 fully saturated rings. The number of aromatic amines is 2. The highest BCUT2D eigenvalue weighted by Crippen LogP contribution is 2.22. The Labute approximate surface area is 162 Å². The second-order valence-electron chi connectivity index (χ2n) is 8.30. The fourth-order valence-corrected chi connectivity index (χ4v) is 3.40. The number of benzene rings is 1. The van der Waals surface area contributed by atoms with E-state index in [0.29, 0.717) is 13.1 Å². The number of nitrogens with zero attached hydrogens (tertiary/aromatic N) is 3. The van der Waals surface area contributed by atoms with Gasteiger partial charge in [0.1, 0.15) is 17.5 Å². The molecule has 1 aliphatic heterocycles. The van der Waals surface area contributed by atoms with Gasteiger partial charge >= 0.3 is 0 Å². The monoisotopic (exact) mass is 381 g/mol. The standard InChI is InChI=1S/C21H24FN5O/c1-21(2,3)20-25-16-8-9-27(11-15(16)19(28)26-20)12-18-23-10-17(24-18)13-4-6-14(22)7-5-13/h4-7,10H,8-9,11-12H2,1-3H3,(H,23,24)(H,25,26,28). The summed E-state index contributed by atoms with van der Waals surface area (Å²) >= 11 is 0. The maximum atomic E-state index is 13.1. The molecule has 3 aromatic rings. The number of rotatable bonds is 3. The number of hydrogen-bond donors (Lipinski definition) is 2. The molecule has 0 saturated carbocycles. The van der Waals surface area contributed by atoms with E-state index < -0.39 is 0 Å². The lowest BCUT2D eigenvalue weighted by molar-refractivity contribution is 0.235. The molecular weight excluding hydrogens is 357 g/mol. The number of halogens is 1. The third-order valence-electron chi connectivity index (χ3n) is 5.02. The SMILES string of the molecule is CC(C)(C)c1nc2c(c(=O)[nH]1)CN(Cc1ncc(-c3ccc(F)cc3)[nH]1)CC2. The molecule has 7 heteroatoms. The van der Waals surface area contributed by atoms with Crippen molar-refractivity contribution in [2.24, 2.45) is 0 Å². The summed E-state index contributed by atoms with van der Waals surface area (Å²) < 4.78 is 13.1. The first kappa shape index (κ1) is 18.6. The van der Waals surface area contributed by atoms with Crippen molar-refractivity contribution < 1.29 is 4.39 Å². The molecular formula is C21H24FN5O. The molecule has 0 saturated heterocycles. The number of H-pyrrole nitrogens is 2. The summed E-state index contributed by atoms with van der Waals surface area (Å²) in [6, 6.07) is 6.31. The van der Waals surface area contributed by atoms with Crippen molar-refractivity contribution >= 4 is 0 Å². The van der Waals surface area contributed by atoms with E-state index in [1.54, 1.807) is 18.3 Å². The molecule has 0 unspecified atom stereocenters. The van der Waals surface area contributed by atoms with Crippen molar-refractivity contribution in [3.05, 3.63) is 69.5 Å². The van der Waals surface area contributed by atoms with E-state index in [4.69, 9.17) is 4.98 Å². The molecule has 2 N–H and O–H groups in total. The van der Waals surface area contributed by atoms with Gasteiger partial charge in [0.25, 0.3) is 5.56 Å². The third kappa shape index (κ3) is 3.75. The lowest BCUT2D eigenvalue weighted by Gasteiger charge is -2.28. The Morgan fingerprint density at radius 2 is 1.93 bits per heavy atom. The summed E-state index contributed by atoms with van der Waals surface area (Å²) in [5.74, 6) is 1.29. The summed E-state index contributed by atoms with van der Waals surface area (Å²) in [7, 11) is 0. The molecule has 4 rings (SSSR count). The van der Waals surface area contributed by atoms with Crippen LogP contribution in [0.4, 0.5) is 4.39 Å². The fraction of sp³-hybridized carbons (Fsp3) is 0.381. The topological polar surface area (TPSA) is 77.7 Å². The minimum Gasteiger partial charge on any atom is -0.341 e. The van der Waals surface area contributed by atoms with Crippen LogP contribution >= 0.6 is 0 Å². The highest BCUT2D eigenvalue weighted by Gasteiger charge is 2.25. The predicted molar refractivity (Wildman–Crippen MR) is 105 cm³/mol. The van der Waals surface area contributed by atoms with Gasteiger partial charge in [-0.3, -0.25) is 9.69 Å². The van der Waals surface area contributed by atoms with Gasteiger partial charge < -0.3 is 9.97 Å². The lowest BCUT2D eigenvalue weighted by atomic mass is 9.95. The molecule has 3 heterocycles. The second kappa shape index (κ2) is 6.98. The van der Waals surface area contributed by atoms with E-state index in [1.165, 1.54) is 12.1 Å². The molecule has 1 aromatic carbocycles. The van der Waals surface area contributed by atoms with Crippen LogP contribution in [0.5, 0.6) is 0 Å². The summed E-state index contributed by atoms with van der Waals surface area (Å²) in [5, 5.41) is 0. The van der Waals surface area contributed by atoms with Crippen LogP contribution in [-0.4, -0.2) is 31.4 Å². The van der Waals surface area contributed by atoms with Crippen molar-refractivity contribution in [1.82, 2.24) is 24.8 Å². The van der Waals surface area contributed by atoms with Gasteiger partial charge in [0.15, 0.2) is 0 Å². The molecule has 0 bridgehead atoms. The number of fused-ring (bicyclic) bond motifs is 1. The van der Waals surface area contributed by atoms with Gasteiger partial charge in [0.05, 0.1) is 29.7 Å². The Hall–Kier alpha value is -2.80. The van der Waals surface area contributed by atoms with E-state index in [9.17, 15) is 9.18 Å². The highest BCUT2D eigenvalue weighted by atomic mass is 19.1. The molecule has 1 aliphatic rings. The van der Waals surface area contributed by atoms with E-state index >= 15 is 0 Å². The summed E-state index contributed by atoms with van der Waals surface area (Å²) in [5.41, 5.74) is 3.14. The zero-order chi connectivity index (χ0) is 19.9.